The minimum absolute atomic E-state index is 0.0984. The van der Waals surface area contributed by atoms with Crippen LogP contribution in [0.4, 0.5) is 0 Å². The maximum Gasteiger partial charge on any atom is 0.328 e. The SMILES string of the molecule is COC(=O)C(Cc1ccc(-c2ccoc2)cc1)NC(=O)C(CSC(=O)c1ccccc1)Cc1ccccc1. The Morgan fingerprint density at radius 3 is 2.11 bits per heavy atom. The molecule has 1 heterocycles. The van der Waals surface area contributed by atoms with Crippen LogP contribution in [0.15, 0.2) is 108 Å². The van der Waals surface area contributed by atoms with E-state index in [1.54, 1.807) is 24.7 Å². The van der Waals surface area contributed by atoms with E-state index in [2.05, 4.69) is 5.32 Å². The molecule has 1 amide bonds. The van der Waals surface area contributed by atoms with Crippen LogP contribution >= 0.6 is 11.8 Å². The van der Waals surface area contributed by atoms with Gasteiger partial charge in [-0.2, -0.15) is 0 Å². The lowest BCUT2D eigenvalue weighted by atomic mass is 9.98. The topological polar surface area (TPSA) is 85.6 Å². The van der Waals surface area contributed by atoms with Gasteiger partial charge in [-0.15, -0.1) is 0 Å². The lowest BCUT2D eigenvalue weighted by Crippen LogP contribution is -2.46. The van der Waals surface area contributed by atoms with Gasteiger partial charge < -0.3 is 14.5 Å². The van der Waals surface area contributed by atoms with Crippen molar-refractivity contribution in [3.8, 4) is 11.1 Å². The van der Waals surface area contributed by atoms with Gasteiger partial charge in [-0.25, -0.2) is 4.79 Å². The first-order valence-corrected chi connectivity index (χ1v) is 13.3. The molecule has 0 spiro atoms. The summed E-state index contributed by atoms with van der Waals surface area (Å²) in [5.74, 6) is -1.07. The first-order chi connectivity index (χ1) is 18.5. The minimum atomic E-state index is -0.861. The monoisotopic (exact) mass is 527 g/mol. The Morgan fingerprint density at radius 2 is 1.47 bits per heavy atom. The summed E-state index contributed by atoms with van der Waals surface area (Å²) >= 11 is 1.11. The summed E-state index contributed by atoms with van der Waals surface area (Å²) in [7, 11) is 1.30. The van der Waals surface area contributed by atoms with Crippen LogP contribution in [-0.4, -0.2) is 35.9 Å². The highest BCUT2D eigenvalue weighted by Gasteiger charge is 2.27. The van der Waals surface area contributed by atoms with E-state index in [0.29, 0.717) is 12.0 Å². The molecule has 2 unspecified atom stereocenters. The number of furan rings is 1. The van der Waals surface area contributed by atoms with E-state index in [1.807, 2.05) is 78.9 Å². The standard InChI is InChI=1S/C31H29NO5S/c1-36-30(34)28(19-23-12-14-24(15-13-23)26-16-17-37-20-26)32-29(33)27(18-22-8-4-2-5-9-22)21-38-31(35)25-10-6-3-7-11-25/h2-17,20,27-28H,18-19,21H2,1H3,(H,32,33). The number of thioether (sulfide) groups is 1. The molecule has 4 rings (SSSR count). The number of ether oxygens (including phenoxy) is 1. The summed E-state index contributed by atoms with van der Waals surface area (Å²) in [6, 6.07) is 27.4. The van der Waals surface area contributed by atoms with E-state index in [4.69, 9.17) is 9.15 Å². The lowest BCUT2D eigenvalue weighted by Gasteiger charge is -2.21. The predicted octanol–water partition coefficient (Wildman–Crippen LogP) is 5.58. The van der Waals surface area contributed by atoms with Gasteiger partial charge in [-0.1, -0.05) is 96.7 Å². The number of esters is 1. The summed E-state index contributed by atoms with van der Waals surface area (Å²) in [5.41, 5.74) is 4.39. The number of hydrogen-bond acceptors (Lipinski definition) is 6. The van der Waals surface area contributed by atoms with E-state index in [1.165, 1.54) is 7.11 Å². The van der Waals surface area contributed by atoms with Crippen molar-refractivity contribution in [2.45, 2.75) is 18.9 Å². The molecule has 4 aromatic rings. The number of benzene rings is 3. The largest absolute Gasteiger partial charge is 0.472 e. The summed E-state index contributed by atoms with van der Waals surface area (Å²) in [4.78, 5) is 38.8. The fraction of sp³-hybridized carbons (Fsp3) is 0.194. The molecular formula is C31H29NO5S. The molecular weight excluding hydrogens is 498 g/mol. The highest BCUT2D eigenvalue weighted by Crippen LogP contribution is 2.22. The van der Waals surface area contributed by atoms with Crippen molar-refractivity contribution in [1.29, 1.82) is 0 Å². The first-order valence-electron chi connectivity index (χ1n) is 12.3. The van der Waals surface area contributed by atoms with E-state index in [9.17, 15) is 14.4 Å². The summed E-state index contributed by atoms with van der Waals surface area (Å²) < 4.78 is 10.1. The van der Waals surface area contributed by atoms with Crippen LogP contribution in [0, 0.1) is 5.92 Å². The number of hydrogen-bond donors (Lipinski definition) is 1. The molecule has 38 heavy (non-hydrogen) atoms. The lowest BCUT2D eigenvalue weighted by molar-refractivity contribution is -0.145. The van der Waals surface area contributed by atoms with Crippen molar-refractivity contribution >= 4 is 28.8 Å². The van der Waals surface area contributed by atoms with Gasteiger partial charge in [0.15, 0.2) is 0 Å². The number of nitrogens with one attached hydrogen (secondary N) is 1. The van der Waals surface area contributed by atoms with Crippen molar-refractivity contribution < 1.29 is 23.5 Å². The van der Waals surface area contributed by atoms with Crippen LogP contribution in [-0.2, 0) is 27.2 Å². The third-order valence-electron chi connectivity index (χ3n) is 6.17. The van der Waals surface area contributed by atoms with Crippen LogP contribution in [0.3, 0.4) is 0 Å². The van der Waals surface area contributed by atoms with Gasteiger partial charge in [-0.05, 0) is 29.2 Å². The number of rotatable bonds is 11. The molecule has 0 aliphatic heterocycles. The van der Waals surface area contributed by atoms with E-state index in [0.717, 1.165) is 34.0 Å². The molecule has 194 valence electrons. The fourth-order valence-electron chi connectivity index (χ4n) is 4.08. The summed E-state index contributed by atoms with van der Waals surface area (Å²) in [6.45, 7) is 0. The second kappa shape index (κ2) is 13.4. The van der Waals surface area contributed by atoms with Crippen molar-refractivity contribution in [2.75, 3.05) is 12.9 Å². The van der Waals surface area contributed by atoms with Crippen molar-refractivity contribution in [3.05, 3.63) is 120 Å². The van der Waals surface area contributed by atoms with Gasteiger partial charge in [-0.3, -0.25) is 9.59 Å². The number of carbonyl (C=O) groups excluding carboxylic acids is 3. The summed E-state index contributed by atoms with van der Waals surface area (Å²) in [6.07, 6.45) is 4.00. The smallest absolute Gasteiger partial charge is 0.328 e. The quantitative estimate of drug-likeness (QED) is 0.256. The molecule has 0 bridgehead atoms. The van der Waals surface area contributed by atoms with Crippen molar-refractivity contribution in [2.24, 2.45) is 5.92 Å². The molecule has 0 radical (unpaired) electrons. The molecule has 0 fully saturated rings. The zero-order chi connectivity index (χ0) is 26.7. The highest BCUT2D eigenvalue weighted by atomic mass is 32.2. The third-order valence-corrected chi connectivity index (χ3v) is 7.24. The summed E-state index contributed by atoms with van der Waals surface area (Å²) in [5, 5.41) is 2.79. The molecule has 2 atom stereocenters. The van der Waals surface area contributed by atoms with Gasteiger partial charge in [0, 0.05) is 23.3 Å². The van der Waals surface area contributed by atoms with Crippen LogP contribution in [0.25, 0.3) is 11.1 Å². The molecule has 1 N–H and O–H groups in total. The average Bonchev–Trinajstić information content (AvgIpc) is 3.51. The Labute approximate surface area is 226 Å². The number of methoxy groups -OCH3 is 1. The predicted molar refractivity (Wildman–Crippen MR) is 149 cm³/mol. The van der Waals surface area contributed by atoms with Crippen molar-refractivity contribution in [3.63, 3.8) is 0 Å². The Hall–Kier alpha value is -4.10. The van der Waals surface area contributed by atoms with E-state index >= 15 is 0 Å². The van der Waals surface area contributed by atoms with Gasteiger partial charge in [0.25, 0.3) is 0 Å². The third kappa shape index (κ3) is 7.46. The normalized spacial score (nSPS) is 12.3. The first kappa shape index (κ1) is 26.9. The second-order valence-electron chi connectivity index (χ2n) is 8.85. The molecule has 1 aromatic heterocycles. The number of amides is 1. The van der Waals surface area contributed by atoms with Crippen molar-refractivity contribution in [1.82, 2.24) is 5.32 Å². The van der Waals surface area contributed by atoms with Crippen LogP contribution in [0.1, 0.15) is 21.5 Å². The number of carbonyl (C=O) groups is 3. The Morgan fingerprint density at radius 1 is 0.816 bits per heavy atom. The maximum atomic E-state index is 13.5. The van der Waals surface area contributed by atoms with E-state index < -0.39 is 17.9 Å². The van der Waals surface area contributed by atoms with Gasteiger partial charge in [0.1, 0.15) is 6.04 Å². The molecule has 0 saturated heterocycles. The van der Waals surface area contributed by atoms with Crippen LogP contribution < -0.4 is 5.32 Å². The molecule has 0 aliphatic carbocycles. The minimum Gasteiger partial charge on any atom is -0.472 e. The fourth-order valence-corrected chi connectivity index (χ4v) is 5.01. The van der Waals surface area contributed by atoms with E-state index in [-0.39, 0.29) is 23.2 Å². The Bertz CT molecular complexity index is 1320. The zero-order valence-electron chi connectivity index (χ0n) is 21.0. The molecule has 3 aromatic carbocycles. The Kier molecular flexibility index (Phi) is 9.54. The molecule has 0 saturated carbocycles. The molecule has 7 heteroatoms. The van der Waals surface area contributed by atoms with Crippen LogP contribution in [0.5, 0.6) is 0 Å². The van der Waals surface area contributed by atoms with Crippen LogP contribution in [0.2, 0.25) is 0 Å². The highest BCUT2D eigenvalue weighted by molar-refractivity contribution is 8.14. The molecule has 6 nitrogen and oxygen atoms in total. The zero-order valence-corrected chi connectivity index (χ0v) is 21.9. The maximum absolute atomic E-state index is 13.5. The second-order valence-corrected chi connectivity index (χ2v) is 9.84. The Balaban J connectivity index is 1.46. The molecule has 0 aliphatic rings. The van der Waals surface area contributed by atoms with Gasteiger partial charge >= 0.3 is 5.97 Å². The van der Waals surface area contributed by atoms with Gasteiger partial charge in [0.05, 0.1) is 25.6 Å². The average molecular weight is 528 g/mol. The van der Waals surface area contributed by atoms with Gasteiger partial charge in [0.2, 0.25) is 11.0 Å².